The molecule has 0 saturated carbocycles. The largest absolute Gasteiger partial charge is 0.466 e. The van der Waals surface area contributed by atoms with Gasteiger partial charge in [0, 0.05) is 17.8 Å². The molecule has 0 amide bonds. The number of nitrogens with zero attached hydrogens (tertiary/aromatic N) is 1. The standard InChI is InChI=1S/C24H25NO3/c1-4-28-23(26)15-21-12-13-22(25(21)16-19-8-6-5-7-9-19)24(27)20-11-10-17(2)18(3)14-20/h5-14H,4,15-16H2,1-3H3. The third-order valence-corrected chi connectivity index (χ3v) is 4.89. The molecule has 0 N–H and O–H groups in total. The smallest absolute Gasteiger partial charge is 0.311 e. The number of carbonyl (C=O) groups excluding carboxylic acids is 2. The summed E-state index contributed by atoms with van der Waals surface area (Å²) in [5.41, 5.74) is 5.30. The lowest BCUT2D eigenvalue weighted by Gasteiger charge is -2.14. The van der Waals surface area contributed by atoms with E-state index in [-0.39, 0.29) is 18.2 Å². The number of aryl methyl sites for hydroxylation is 2. The zero-order chi connectivity index (χ0) is 20.1. The minimum absolute atomic E-state index is 0.0471. The fraction of sp³-hybridized carbons (Fsp3) is 0.250. The molecule has 1 aromatic heterocycles. The van der Waals surface area contributed by atoms with Crippen LogP contribution in [-0.2, 0) is 22.5 Å². The number of carbonyl (C=O) groups is 2. The Kier molecular flexibility index (Phi) is 6.09. The van der Waals surface area contributed by atoms with E-state index < -0.39 is 0 Å². The molecule has 0 aliphatic heterocycles. The first-order valence-electron chi connectivity index (χ1n) is 9.49. The van der Waals surface area contributed by atoms with Gasteiger partial charge in [-0.2, -0.15) is 0 Å². The molecular weight excluding hydrogens is 350 g/mol. The molecule has 2 aromatic carbocycles. The number of hydrogen-bond acceptors (Lipinski definition) is 3. The van der Waals surface area contributed by atoms with E-state index in [1.165, 1.54) is 0 Å². The Bertz CT molecular complexity index is 986. The lowest BCUT2D eigenvalue weighted by Crippen LogP contribution is -2.17. The molecular formula is C24H25NO3. The SMILES string of the molecule is CCOC(=O)Cc1ccc(C(=O)c2ccc(C)c(C)c2)n1Cc1ccccc1. The molecule has 0 atom stereocenters. The summed E-state index contributed by atoms with van der Waals surface area (Å²) >= 11 is 0. The fourth-order valence-electron chi connectivity index (χ4n) is 3.21. The van der Waals surface area contributed by atoms with Crippen LogP contribution < -0.4 is 0 Å². The highest BCUT2D eigenvalue weighted by Crippen LogP contribution is 2.19. The van der Waals surface area contributed by atoms with Crippen molar-refractivity contribution in [1.29, 1.82) is 0 Å². The van der Waals surface area contributed by atoms with E-state index in [2.05, 4.69) is 0 Å². The molecule has 4 nitrogen and oxygen atoms in total. The normalized spacial score (nSPS) is 10.7. The van der Waals surface area contributed by atoms with E-state index in [9.17, 15) is 9.59 Å². The molecule has 1 heterocycles. The number of benzene rings is 2. The van der Waals surface area contributed by atoms with Crippen molar-refractivity contribution in [2.45, 2.75) is 33.7 Å². The summed E-state index contributed by atoms with van der Waals surface area (Å²) in [7, 11) is 0. The van der Waals surface area contributed by atoms with Gasteiger partial charge in [-0.1, -0.05) is 42.5 Å². The van der Waals surface area contributed by atoms with Gasteiger partial charge in [0.25, 0.3) is 0 Å². The third kappa shape index (κ3) is 4.39. The number of ether oxygens (including phenoxy) is 1. The highest BCUT2D eigenvalue weighted by Gasteiger charge is 2.19. The van der Waals surface area contributed by atoms with Gasteiger partial charge < -0.3 is 9.30 Å². The van der Waals surface area contributed by atoms with Crippen LogP contribution in [0.4, 0.5) is 0 Å². The van der Waals surface area contributed by atoms with E-state index in [1.807, 2.05) is 73.0 Å². The molecule has 28 heavy (non-hydrogen) atoms. The minimum Gasteiger partial charge on any atom is -0.466 e. The lowest BCUT2D eigenvalue weighted by atomic mass is 10.0. The fourth-order valence-corrected chi connectivity index (χ4v) is 3.21. The molecule has 0 saturated heterocycles. The molecule has 4 heteroatoms. The average molecular weight is 375 g/mol. The highest BCUT2D eigenvalue weighted by atomic mass is 16.5. The van der Waals surface area contributed by atoms with Crippen molar-refractivity contribution in [1.82, 2.24) is 4.57 Å². The molecule has 0 aliphatic rings. The van der Waals surface area contributed by atoms with Crippen LogP contribution in [0.1, 0.15) is 45.4 Å². The van der Waals surface area contributed by atoms with E-state index in [0.29, 0.717) is 24.4 Å². The van der Waals surface area contributed by atoms with Crippen molar-refractivity contribution in [3.05, 3.63) is 94.3 Å². The Balaban J connectivity index is 1.99. The van der Waals surface area contributed by atoms with Crippen LogP contribution >= 0.6 is 0 Å². The molecule has 0 fully saturated rings. The Labute approximate surface area is 165 Å². The van der Waals surface area contributed by atoms with E-state index in [1.54, 1.807) is 13.0 Å². The van der Waals surface area contributed by atoms with Gasteiger partial charge >= 0.3 is 5.97 Å². The third-order valence-electron chi connectivity index (χ3n) is 4.89. The quantitative estimate of drug-likeness (QED) is 0.452. The van der Waals surface area contributed by atoms with Crippen LogP contribution in [-0.4, -0.2) is 22.9 Å². The molecule has 0 spiro atoms. The predicted octanol–water partition coefficient (Wildman–Crippen LogP) is 4.49. The monoisotopic (exact) mass is 375 g/mol. The van der Waals surface area contributed by atoms with Crippen molar-refractivity contribution in [2.75, 3.05) is 6.61 Å². The van der Waals surface area contributed by atoms with E-state index in [4.69, 9.17) is 4.74 Å². The van der Waals surface area contributed by atoms with Gasteiger partial charge in [-0.3, -0.25) is 9.59 Å². The molecule has 0 unspecified atom stereocenters. The number of esters is 1. The molecule has 0 bridgehead atoms. The number of rotatable bonds is 7. The second kappa shape index (κ2) is 8.70. The van der Waals surface area contributed by atoms with Crippen LogP contribution in [0.5, 0.6) is 0 Å². The second-order valence-electron chi connectivity index (χ2n) is 6.89. The van der Waals surface area contributed by atoms with Crippen LogP contribution in [0.15, 0.2) is 60.7 Å². The van der Waals surface area contributed by atoms with Crippen molar-refractivity contribution in [3.8, 4) is 0 Å². The lowest BCUT2D eigenvalue weighted by molar-refractivity contribution is -0.142. The predicted molar refractivity (Wildman–Crippen MR) is 110 cm³/mol. The van der Waals surface area contributed by atoms with Crippen molar-refractivity contribution < 1.29 is 14.3 Å². The number of hydrogen-bond donors (Lipinski definition) is 0. The number of aromatic nitrogens is 1. The van der Waals surface area contributed by atoms with Gasteiger partial charge in [0.05, 0.1) is 18.7 Å². The van der Waals surface area contributed by atoms with Crippen molar-refractivity contribution >= 4 is 11.8 Å². The van der Waals surface area contributed by atoms with Gasteiger partial charge in [0.1, 0.15) is 0 Å². The summed E-state index contributed by atoms with van der Waals surface area (Å²) in [6.07, 6.45) is 0.140. The van der Waals surface area contributed by atoms with Crippen molar-refractivity contribution in [3.63, 3.8) is 0 Å². The molecule has 3 aromatic rings. The van der Waals surface area contributed by atoms with Crippen LogP contribution in [0.2, 0.25) is 0 Å². The summed E-state index contributed by atoms with van der Waals surface area (Å²) < 4.78 is 7.02. The van der Waals surface area contributed by atoms with Gasteiger partial charge in [-0.15, -0.1) is 0 Å². The Morgan fingerprint density at radius 1 is 0.929 bits per heavy atom. The van der Waals surface area contributed by atoms with Gasteiger partial charge in [-0.25, -0.2) is 0 Å². The molecule has 0 radical (unpaired) electrons. The molecule has 0 aliphatic carbocycles. The Morgan fingerprint density at radius 2 is 1.68 bits per heavy atom. The molecule has 3 rings (SSSR count). The summed E-state index contributed by atoms with van der Waals surface area (Å²) in [6.45, 7) is 6.68. The maximum atomic E-state index is 13.2. The van der Waals surface area contributed by atoms with Crippen LogP contribution in [0, 0.1) is 13.8 Å². The summed E-state index contributed by atoms with van der Waals surface area (Å²) in [4.78, 5) is 25.2. The van der Waals surface area contributed by atoms with Gasteiger partial charge in [0.15, 0.2) is 0 Å². The van der Waals surface area contributed by atoms with Crippen LogP contribution in [0.3, 0.4) is 0 Å². The summed E-state index contributed by atoms with van der Waals surface area (Å²) in [5.74, 6) is -0.339. The van der Waals surface area contributed by atoms with Crippen molar-refractivity contribution in [2.24, 2.45) is 0 Å². The maximum absolute atomic E-state index is 13.2. The van der Waals surface area contributed by atoms with Gasteiger partial charge in [0.2, 0.25) is 5.78 Å². The zero-order valence-electron chi connectivity index (χ0n) is 16.6. The first-order chi connectivity index (χ1) is 13.5. The summed E-state index contributed by atoms with van der Waals surface area (Å²) in [6, 6.07) is 19.3. The summed E-state index contributed by atoms with van der Waals surface area (Å²) in [5, 5.41) is 0. The van der Waals surface area contributed by atoms with E-state index in [0.717, 1.165) is 22.4 Å². The molecule has 144 valence electrons. The minimum atomic E-state index is -0.292. The highest BCUT2D eigenvalue weighted by molar-refractivity contribution is 6.08. The topological polar surface area (TPSA) is 48.3 Å². The number of ketones is 1. The van der Waals surface area contributed by atoms with E-state index >= 15 is 0 Å². The first kappa shape index (κ1) is 19.6. The average Bonchev–Trinajstić information content (AvgIpc) is 3.06. The first-order valence-corrected chi connectivity index (χ1v) is 9.49. The maximum Gasteiger partial charge on any atom is 0.311 e. The van der Waals surface area contributed by atoms with Gasteiger partial charge in [-0.05, 0) is 55.7 Å². The zero-order valence-corrected chi connectivity index (χ0v) is 16.6. The second-order valence-corrected chi connectivity index (χ2v) is 6.89. The Hall–Kier alpha value is -3.14. The van der Waals surface area contributed by atoms with Crippen LogP contribution in [0.25, 0.3) is 0 Å². The Morgan fingerprint density at radius 3 is 2.36 bits per heavy atom.